The zero-order valence-corrected chi connectivity index (χ0v) is 23.2. The summed E-state index contributed by atoms with van der Waals surface area (Å²) in [5, 5.41) is 4.48. The van der Waals surface area contributed by atoms with E-state index in [9.17, 15) is 8.42 Å². The molecule has 2 unspecified atom stereocenters. The molecule has 2 aromatic carbocycles. The number of anilines is 2. The van der Waals surface area contributed by atoms with Crippen LogP contribution in [0.3, 0.4) is 0 Å². The molecule has 8 nitrogen and oxygen atoms in total. The molecule has 1 aliphatic heterocycles. The van der Waals surface area contributed by atoms with Gasteiger partial charge in [-0.25, -0.2) is 8.42 Å². The second kappa shape index (κ2) is 10.3. The van der Waals surface area contributed by atoms with Crippen molar-refractivity contribution in [2.24, 2.45) is 0 Å². The maximum Gasteiger partial charge on any atom is 0.229 e. The number of methoxy groups -OCH3 is 1. The highest BCUT2D eigenvalue weighted by Crippen LogP contribution is 2.44. The van der Waals surface area contributed by atoms with E-state index < -0.39 is 16.1 Å². The fraction of sp³-hybridized carbons (Fsp3) is 0.185. The van der Waals surface area contributed by atoms with Crippen molar-refractivity contribution in [3.8, 4) is 17.1 Å². The van der Waals surface area contributed by atoms with Gasteiger partial charge in [0.25, 0.3) is 0 Å². The average Bonchev–Trinajstić information content (AvgIpc) is 3.50. The summed E-state index contributed by atoms with van der Waals surface area (Å²) in [4.78, 5) is 6.49. The Kier molecular flexibility index (Phi) is 7.04. The molecular formula is C27H25ClN4O4S2. The van der Waals surface area contributed by atoms with E-state index in [-0.39, 0.29) is 6.04 Å². The molecule has 0 radical (unpaired) electrons. The van der Waals surface area contributed by atoms with Crippen molar-refractivity contribution in [3.05, 3.63) is 95.0 Å². The van der Waals surface area contributed by atoms with Gasteiger partial charge in [-0.2, -0.15) is 0 Å². The number of aromatic nitrogens is 1. The van der Waals surface area contributed by atoms with Crippen molar-refractivity contribution < 1.29 is 17.6 Å². The molecule has 5 rings (SSSR count). The summed E-state index contributed by atoms with van der Waals surface area (Å²) in [7, 11) is -2.02. The highest BCUT2D eigenvalue weighted by molar-refractivity contribution is 7.92. The highest BCUT2D eigenvalue weighted by atomic mass is 35.5. The first kappa shape index (κ1) is 26.0. The molecule has 0 amide bonds. The number of rotatable bonds is 7. The van der Waals surface area contributed by atoms with Gasteiger partial charge in [-0.15, -0.1) is 0 Å². The standard InChI is InChI=1S/C27H25ClN4O4S2/c1-16-7-8-17(28)14-19(16)22-11-12-23(36-22)26-25(21-6-4-5-13-29-21)30-27(37)32(26)18-9-10-20(24(15-18)35-2)31-38(3,33)34/h4-15,25-26,31H,1-3H3,(H,30,37). The van der Waals surface area contributed by atoms with Crippen LogP contribution in [0.2, 0.25) is 5.02 Å². The molecule has 3 heterocycles. The molecule has 11 heteroatoms. The van der Waals surface area contributed by atoms with Crippen LogP contribution in [0, 0.1) is 6.92 Å². The van der Waals surface area contributed by atoms with Crippen LogP contribution in [0.25, 0.3) is 11.3 Å². The van der Waals surface area contributed by atoms with Crippen LogP contribution in [0.1, 0.15) is 29.1 Å². The Labute approximate surface area is 231 Å². The molecule has 0 saturated carbocycles. The Bertz CT molecular complexity index is 1610. The molecule has 0 spiro atoms. The number of benzene rings is 2. The molecule has 0 bridgehead atoms. The van der Waals surface area contributed by atoms with Crippen molar-refractivity contribution in [2.45, 2.75) is 19.0 Å². The molecule has 1 saturated heterocycles. The van der Waals surface area contributed by atoms with Gasteiger partial charge in [-0.05, 0) is 73.2 Å². The minimum atomic E-state index is -3.50. The quantitative estimate of drug-likeness (QED) is 0.268. The predicted molar refractivity (Wildman–Crippen MR) is 153 cm³/mol. The summed E-state index contributed by atoms with van der Waals surface area (Å²) < 4.78 is 38.1. The Hall–Kier alpha value is -3.60. The third-order valence-electron chi connectivity index (χ3n) is 6.24. The third kappa shape index (κ3) is 5.20. The van der Waals surface area contributed by atoms with Crippen LogP contribution in [0.5, 0.6) is 5.75 Å². The minimum Gasteiger partial charge on any atom is -0.494 e. The van der Waals surface area contributed by atoms with Gasteiger partial charge in [-0.3, -0.25) is 9.71 Å². The lowest BCUT2D eigenvalue weighted by atomic mass is 10.0. The second-order valence-electron chi connectivity index (χ2n) is 8.92. The molecule has 0 aliphatic carbocycles. The molecule has 2 aromatic heterocycles. The maximum absolute atomic E-state index is 11.8. The lowest BCUT2D eigenvalue weighted by molar-refractivity contribution is 0.416. The van der Waals surface area contributed by atoms with Crippen molar-refractivity contribution >= 4 is 50.3 Å². The Morgan fingerprint density at radius 2 is 1.95 bits per heavy atom. The van der Waals surface area contributed by atoms with Gasteiger partial charge in [0.1, 0.15) is 23.3 Å². The Morgan fingerprint density at radius 3 is 2.66 bits per heavy atom. The fourth-order valence-corrected chi connectivity index (χ4v) is 5.64. The van der Waals surface area contributed by atoms with E-state index in [1.54, 1.807) is 24.4 Å². The summed E-state index contributed by atoms with van der Waals surface area (Å²) in [5.41, 5.74) is 3.75. The number of nitrogens with one attached hydrogen (secondary N) is 2. The molecular weight excluding hydrogens is 544 g/mol. The van der Waals surface area contributed by atoms with Gasteiger partial charge < -0.3 is 19.4 Å². The normalized spacial score (nSPS) is 17.4. The van der Waals surface area contributed by atoms with E-state index in [4.69, 9.17) is 33.0 Å². The Morgan fingerprint density at radius 1 is 1.13 bits per heavy atom. The smallest absolute Gasteiger partial charge is 0.229 e. The number of nitrogens with zero attached hydrogens (tertiary/aromatic N) is 2. The van der Waals surface area contributed by atoms with Crippen LogP contribution < -0.4 is 19.7 Å². The molecule has 196 valence electrons. The molecule has 38 heavy (non-hydrogen) atoms. The predicted octanol–water partition coefficient (Wildman–Crippen LogP) is 5.86. The van der Waals surface area contributed by atoms with Gasteiger partial charge in [0.05, 0.1) is 30.8 Å². The number of pyridine rings is 1. The summed E-state index contributed by atoms with van der Waals surface area (Å²) in [6, 6.07) is 19.7. The van der Waals surface area contributed by atoms with Crippen LogP contribution in [-0.2, 0) is 10.0 Å². The topological polar surface area (TPSA) is 96.7 Å². The first-order chi connectivity index (χ1) is 18.1. The summed E-state index contributed by atoms with van der Waals surface area (Å²) >= 11 is 12.1. The zero-order valence-electron chi connectivity index (χ0n) is 20.8. The number of sulfonamides is 1. The average molecular weight is 569 g/mol. The number of furan rings is 1. The van der Waals surface area contributed by atoms with E-state index in [1.807, 2.05) is 60.4 Å². The van der Waals surface area contributed by atoms with Crippen LogP contribution in [0.15, 0.2) is 77.3 Å². The number of thiocarbonyl (C=S) groups is 1. The zero-order chi connectivity index (χ0) is 27.0. The van der Waals surface area contributed by atoms with Crippen LogP contribution in [-0.4, -0.2) is 31.9 Å². The van der Waals surface area contributed by atoms with Crippen molar-refractivity contribution in [1.29, 1.82) is 0 Å². The Balaban J connectivity index is 1.61. The van der Waals surface area contributed by atoms with Gasteiger partial charge in [-0.1, -0.05) is 23.7 Å². The van der Waals surface area contributed by atoms with E-state index in [0.717, 1.165) is 23.1 Å². The summed E-state index contributed by atoms with van der Waals surface area (Å²) in [5.74, 6) is 1.70. The van der Waals surface area contributed by atoms with E-state index >= 15 is 0 Å². The number of hydrogen-bond donors (Lipinski definition) is 2. The summed E-state index contributed by atoms with van der Waals surface area (Å²) in [6.07, 6.45) is 2.82. The number of aryl methyl sites for hydroxylation is 1. The van der Waals surface area contributed by atoms with Gasteiger partial charge in [0.2, 0.25) is 10.0 Å². The van der Waals surface area contributed by atoms with Gasteiger partial charge in [0, 0.05) is 28.5 Å². The fourth-order valence-electron chi connectivity index (χ4n) is 4.55. The second-order valence-corrected chi connectivity index (χ2v) is 11.5. The van der Waals surface area contributed by atoms with Crippen molar-refractivity contribution in [2.75, 3.05) is 23.0 Å². The molecule has 1 fully saturated rings. The number of halogens is 1. The van der Waals surface area contributed by atoms with Crippen molar-refractivity contribution in [1.82, 2.24) is 10.3 Å². The van der Waals surface area contributed by atoms with Gasteiger partial charge in [0.15, 0.2) is 5.11 Å². The number of hydrogen-bond acceptors (Lipinski definition) is 6. The molecule has 4 aromatic rings. The molecule has 1 aliphatic rings. The van der Waals surface area contributed by atoms with E-state index in [2.05, 4.69) is 15.0 Å². The number of ether oxygens (including phenoxy) is 1. The lowest BCUT2D eigenvalue weighted by Gasteiger charge is -2.27. The third-order valence-corrected chi connectivity index (χ3v) is 7.38. The lowest BCUT2D eigenvalue weighted by Crippen LogP contribution is -2.29. The van der Waals surface area contributed by atoms with E-state index in [0.29, 0.717) is 38.8 Å². The SMILES string of the molecule is COc1cc(N2C(=S)NC(c3ccccn3)C2c2ccc(-c3cc(Cl)ccc3C)o2)ccc1NS(C)(=O)=O. The van der Waals surface area contributed by atoms with Crippen LogP contribution >= 0.6 is 23.8 Å². The first-order valence-electron chi connectivity index (χ1n) is 11.7. The monoisotopic (exact) mass is 568 g/mol. The van der Waals surface area contributed by atoms with Crippen molar-refractivity contribution in [3.63, 3.8) is 0 Å². The minimum absolute atomic E-state index is 0.317. The summed E-state index contributed by atoms with van der Waals surface area (Å²) in [6.45, 7) is 2.00. The first-order valence-corrected chi connectivity index (χ1v) is 14.3. The molecule has 2 N–H and O–H groups in total. The van der Waals surface area contributed by atoms with E-state index in [1.165, 1.54) is 7.11 Å². The highest BCUT2D eigenvalue weighted by Gasteiger charge is 2.43. The largest absolute Gasteiger partial charge is 0.494 e. The van der Waals surface area contributed by atoms with Crippen LogP contribution in [0.4, 0.5) is 11.4 Å². The van der Waals surface area contributed by atoms with Gasteiger partial charge >= 0.3 is 0 Å². The molecule has 2 atom stereocenters. The maximum atomic E-state index is 11.8.